The van der Waals surface area contributed by atoms with Crippen molar-refractivity contribution in [2.75, 3.05) is 5.32 Å². The van der Waals surface area contributed by atoms with E-state index < -0.39 is 17.0 Å². The lowest BCUT2D eigenvalue weighted by Crippen LogP contribution is -2.15. The maximum absolute atomic E-state index is 13.7. The van der Waals surface area contributed by atoms with E-state index in [2.05, 4.69) is 15.4 Å². The third kappa shape index (κ3) is 3.95. The van der Waals surface area contributed by atoms with Crippen LogP contribution in [0, 0.1) is 6.92 Å². The number of carbonyl (C=O) groups excluding carboxylic acids is 1. The number of carbonyl (C=O) groups is 1. The Morgan fingerprint density at radius 2 is 1.69 bits per heavy atom. The van der Waals surface area contributed by atoms with E-state index in [1.54, 1.807) is 19.1 Å². The van der Waals surface area contributed by atoms with Crippen molar-refractivity contribution in [3.8, 4) is 11.1 Å². The molecule has 2 aromatic carbocycles. The number of benzene rings is 2. The van der Waals surface area contributed by atoms with E-state index >= 15 is 0 Å². The number of aromatic nitrogens is 3. The molecule has 4 aromatic rings. The Morgan fingerprint density at radius 1 is 1.03 bits per heavy atom. The van der Waals surface area contributed by atoms with Crippen LogP contribution >= 0.6 is 11.6 Å². The monoisotopic (exact) mass is 412 g/mol. The highest BCUT2D eigenvalue weighted by molar-refractivity contribution is 6.21. The van der Waals surface area contributed by atoms with Crippen molar-refractivity contribution in [2.45, 2.75) is 12.3 Å². The minimum Gasteiger partial charge on any atom is -0.321 e. The second-order valence-corrected chi connectivity index (χ2v) is 6.95. The first-order chi connectivity index (χ1) is 13.8. The fourth-order valence-electron chi connectivity index (χ4n) is 2.98. The molecular formula is C21H15ClF2N4O. The van der Waals surface area contributed by atoms with Crippen LogP contribution < -0.4 is 5.32 Å². The molecule has 0 bridgehead atoms. The maximum atomic E-state index is 13.7. The zero-order chi connectivity index (χ0) is 20.6. The topological polar surface area (TPSA) is 59.3 Å². The largest absolute Gasteiger partial charge is 0.364 e. The van der Waals surface area contributed by atoms with Gasteiger partial charge in [0.2, 0.25) is 0 Å². The van der Waals surface area contributed by atoms with Gasteiger partial charge in [0.1, 0.15) is 5.69 Å². The molecule has 1 N–H and O–H groups in total. The lowest BCUT2D eigenvalue weighted by molar-refractivity contribution is 0.0868. The number of alkyl halides is 3. The second-order valence-electron chi connectivity index (χ2n) is 6.48. The molecule has 146 valence electrons. The van der Waals surface area contributed by atoms with Crippen LogP contribution in [0.1, 0.15) is 21.9 Å². The molecule has 0 saturated heterocycles. The van der Waals surface area contributed by atoms with Crippen molar-refractivity contribution in [3.05, 3.63) is 83.8 Å². The minimum absolute atomic E-state index is 0.0441. The fraction of sp³-hybridized carbons (Fsp3) is 0.0952. The molecule has 0 radical (unpaired) electrons. The number of halogens is 3. The normalized spacial score (nSPS) is 11.6. The summed E-state index contributed by atoms with van der Waals surface area (Å²) >= 11 is 5.17. The third-order valence-corrected chi connectivity index (χ3v) is 4.52. The van der Waals surface area contributed by atoms with Crippen LogP contribution in [-0.2, 0) is 5.38 Å². The van der Waals surface area contributed by atoms with Gasteiger partial charge in [-0.1, -0.05) is 42.5 Å². The second kappa shape index (κ2) is 7.25. The van der Waals surface area contributed by atoms with Crippen molar-refractivity contribution < 1.29 is 13.6 Å². The van der Waals surface area contributed by atoms with Gasteiger partial charge in [0.15, 0.2) is 11.3 Å². The fourth-order valence-corrected chi connectivity index (χ4v) is 3.12. The third-order valence-electron chi connectivity index (χ3n) is 4.33. The smallest absolute Gasteiger partial charge is 0.321 e. The summed E-state index contributed by atoms with van der Waals surface area (Å²) < 4.78 is 28.2. The number of hydrogen-bond acceptors (Lipinski definition) is 3. The van der Waals surface area contributed by atoms with Crippen molar-refractivity contribution in [1.29, 1.82) is 0 Å². The van der Waals surface area contributed by atoms with Gasteiger partial charge in [-0.15, -0.1) is 0 Å². The summed E-state index contributed by atoms with van der Waals surface area (Å²) in [5.41, 5.74) is 2.48. The molecule has 0 atom stereocenters. The lowest BCUT2D eigenvalue weighted by atomic mass is 10.1. The Balaban J connectivity index is 1.59. The van der Waals surface area contributed by atoms with Crippen LogP contribution in [0.25, 0.3) is 16.8 Å². The number of amides is 1. The van der Waals surface area contributed by atoms with Crippen molar-refractivity contribution in [2.24, 2.45) is 0 Å². The van der Waals surface area contributed by atoms with Gasteiger partial charge in [0.25, 0.3) is 5.91 Å². The molecule has 0 aliphatic carbocycles. The molecule has 2 heterocycles. The molecule has 8 heteroatoms. The number of fused-ring (bicyclic) bond motifs is 1. The molecule has 0 fully saturated rings. The van der Waals surface area contributed by atoms with Crippen LogP contribution in [-0.4, -0.2) is 20.5 Å². The summed E-state index contributed by atoms with van der Waals surface area (Å²) in [6, 6.07) is 19.6. The maximum Gasteiger partial charge on any atom is 0.364 e. The zero-order valence-electron chi connectivity index (χ0n) is 15.2. The summed E-state index contributed by atoms with van der Waals surface area (Å²) in [4.78, 5) is 16.7. The first-order valence-electron chi connectivity index (χ1n) is 8.73. The van der Waals surface area contributed by atoms with E-state index in [1.165, 1.54) is 6.07 Å². The summed E-state index contributed by atoms with van der Waals surface area (Å²) in [6.45, 7) is 1.56. The summed E-state index contributed by atoms with van der Waals surface area (Å²) in [7, 11) is 0. The first-order valence-corrected chi connectivity index (χ1v) is 9.10. The molecule has 5 nitrogen and oxygen atoms in total. The zero-order valence-corrected chi connectivity index (χ0v) is 16.0. The van der Waals surface area contributed by atoms with Gasteiger partial charge in [-0.05, 0) is 47.9 Å². The Hall–Kier alpha value is -3.32. The molecule has 2 aromatic heterocycles. The quantitative estimate of drug-likeness (QED) is 0.466. The number of anilines is 1. The number of nitrogens with one attached hydrogen (secondary N) is 1. The standard InChI is InChI=1S/C21H15ClF2N4O/c1-13-11-18(21(22,23)24)28-19(25-13)12-17(27-28)20(29)26-16-9-7-15(8-10-16)14-5-3-2-4-6-14/h2-12H,1H3,(H,26,29). The summed E-state index contributed by atoms with van der Waals surface area (Å²) in [6.07, 6.45) is 0. The van der Waals surface area contributed by atoms with E-state index in [1.807, 2.05) is 42.5 Å². The number of nitrogens with zero attached hydrogens (tertiary/aromatic N) is 3. The highest BCUT2D eigenvalue weighted by atomic mass is 35.5. The Morgan fingerprint density at radius 3 is 2.34 bits per heavy atom. The van der Waals surface area contributed by atoms with Gasteiger partial charge in [-0.3, -0.25) is 4.79 Å². The molecule has 1 amide bonds. The Labute approximate surface area is 170 Å². The molecule has 0 spiro atoms. The van der Waals surface area contributed by atoms with E-state index in [0.29, 0.717) is 11.4 Å². The molecular weight excluding hydrogens is 398 g/mol. The average molecular weight is 413 g/mol. The molecule has 0 aliphatic rings. The van der Waals surface area contributed by atoms with Gasteiger partial charge in [0, 0.05) is 17.4 Å². The van der Waals surface area contributed by atoms with E-state index in [-0.39, 0.29) is 11.3 Å². The highest BCUT2D eigenvalue weighted by Crippen LogP contribution is 2.32. The van der Waals surface area contributed by atoms with E-state index in [0.717, 1.165) is 21.7 Å². The van der Waals surface area contributed by atoms with Crippen molar-refractivity contribution in [1.82, 2.24) is 14.6 Å². The van der Waals surface area contributed by atoms with E-state index in [9.17, 15) is 13.6 Å². The lowest BCUT2D eigenvalue weighted by Gasteiger charge is -2.10. The van der Waals surface area contributed by atoms with Gasteiger partial charge in [-0.2, -0.15) is 13.9 Å². The van der Waals surface area contributed by atoms with Crippen LogP contribution in [0.2, 0.25) is 0 Å². The summed E-state index contributed by atoms with van der Waals surface area (Å²) in [5, 5.41) is 3.03. The van der Waals surface area contributed by atoms with Crippen LogP contribution in [0.5, 0.6) is 0 Å². The predicted octanol–water partition coefficient (Wildman–Crippen LogP) is 5.25. The van der Waals surface area contributed by atoms with Gasteiger partial charge in [-0.25, -0.2) is 9.50 Å². The number of hydrogen-bond donors (Lipinski definition) is 1. The summed E-state index contributed by atoms with van der Waals surface area (Å²) in [5.74, 6) is -0.538. The Kier molecular flexibility index (Phi) is 4.76. The van der Waals surface area contributed by atoms with Crippen LogP contribution in [0.3, 0.4) is 0 Å². The van der Waals surface area contributed by atoms with Crippen LogP contribution in [0.4, 0.5) is 14.5 Å². The molecule has 4 rings (SSSR count). The minimum atomic E-state index is -3.64. The first kappa shape index (κ1) is 19.0. The van der Waals surface area contributed by atoms with Crippen molar-refractivity contribution in [3.63, 3.8) is 0 Å². The van der Waals surface area contributed by atoms with Gasteiger partial charge < -0.3 is 5.32 Å². The van der Waals surface area contributed by atoms with Gasteiger partial charge in [0.05, 0.1) is 0 Å². The number of aryl methyl sites for hydroxylation is 1. The molecule has 0 unspecified atom stereocenters. The average Bonchev–Trinajstić information content (AvgIpc) is 3.12. The van der Waals surface area contributed by atoms with Crippen molar-refractivity contribution >= 4 is 28.8 Å². The highest BCUT2D eigenvalue weighted by Gasteiger charge is 2.32. The molecule has 29 heavy (non-hydrogen) atoms. The Bertz CT molecular complexity index is 1190. The van der Waals surface area contributed by atoms with Gasteiger partial charge >= 0.3 is 5.38 Å². The SMILES string of the molecule is Cc1cc(C(F)(F)Cl)n2nc(C(=O)Nc3ccc(-c4ccccc4)cc3)cc2n1. The predicted molar refractivity (Wildman–Crippen MR) is 107 cm³/mol. The van der Waals surface area contributed by atoms with E-state index in [4.69, 9.17) is 11.6 Å². The molecule has 0 aliphatic heterocycles. The molecule has 0 saturated carbocycles. The van der Waals surface area contributed by atoms with Crippen LogP contribution in [0.15, 0.2) is 66.7 Å². The number of rotatable bonds is 4.